The van der Waals surface area contributed by atoms with Crippen LogP contribution in [-0.2, 0) is 4.79 Å². The highest BCUT2D eigenvalue weighted by atomic mass is 16.2. The fraction of sp³-hybridized carbons (Fsp3) is 0.421. The monoisotopic (exact) mass is 714 g/mol. The van der Waals surface area contributed by atoms with E-state index in [0.717, 1.165) is 76.2 Å². The molecule has 1 aliphatic carbocycles. The molecular formula is C38H42N12O3. The Labute approximate surface area is 307 Å². The Bertz CT molecular complexity index is 2070. The second-order valence-electron chi connectivity index (χ2n) is 14.0. The summed E-state index contributed by atoms with van der Waals surface area (Å²) < 4.78 is 1.55. The first kappa shape index (κ1) is 35.3. The number of piperazine rings is 1. The van der Waals surface area contributed by atoms with Crippen LogP contribution < -0.4 is 25.8 Å². The Hall–Kier alpha value is -6.06. The summed E-state index contributed by atoms with van der Waals surface area (Å²) in [7, 11) is 0. The van der Waals surface area contributed by atoms with E-state index >= 15 is 0 Å². The van der Waals surface area contributed by atoms with Gasteiger partial charge in [-0.25, -0.2) is 14.8 Å². The minimum atomic E-state index is -0.544. The Morgan fingerprint density at radius 3 is 2.43 bits per heavy atom. The van der Waals surface area contributed by atoms with Gasteiger partial charge in [0, 0.05) is 80.4 Å². The number of rotatable bonds is 10. The number of aromatic nitrogens is 4. The van der Waals surface area contributed by atoms with Crippen LogP contribution in [0.5, 0.6) is 0 Å². The molecule has 0 bridgehead atoms. The van der Waals surface area contributed by atoms with E-state index < -0.39 is 6.04 Å². The smallest absolute Gasteiger partial charge is 0.328 e. The van der Waals surface area contributed by atoms with Gasteiger partial charge in [0.2, 0.25) is 5.91 Å². The fourth-order valence-corrected chi connectivity index (χ4v) is 7.38. The number of anilines is 3. The van der Waals surface area contributed by atoms with Gasteiger partial charge in [0.15, 0.2) is 11.5 Å². The zero-order valence-electron chi connectivity index (χ0n) is 29.7. The largest absolute Gasteiger partial charge is 0.369 e. The molecule has 2 aliphatic heterocycles. The first-order chi connectivity index (χ1) is 25.8. The number of nitriles is 2. The molecule has 1 saturated carbocycles. The first-order valence-corrected chi connectivity index (χ1v) is 18.2. The molecule has 1 atom stereocenters. The van der Waals surface area contributed by atoms with E-state index in [9.17, 15) is 24.9 Å². The minimum Gasteiger partial charge on any atom is -0.369 e. The van der Waals surface area contributed by atoms with E-state index in [1.807, 2.05) is 12.1 Å². The molecule has 15 nitrogen and oxygen atoms in total. The molecule has 3 fully saturated rings. The van der Waals surface area contributed by atoms with Crippen LogP contribution in [0.4, 0.5) is 21.9 Å². The number of nitrogens with zero attached hydrogens (tertiary/aromatic N) is 9. The van der Waals surface area contributed by atoms with Crippen molar-refractivity contribution >= 4 is 45.9 Å². The molecule has 5 heterocycles. The number of imide groups is 1. The average molecular weight is 715 g/mol. The third-order valence-corrected chi connectivity index (χ3v) is 10.4. The Morgan fingerprint density at radius 2 is 1.72 bits per heavy atom. The van der Waals surface area contributed by atoms with Gasteiger partial charge in [-0.2, -0.15) is 20.3 Å². The van der Waals surface area contributed by atoms with E-state index in [4.69, 9.17) is 0 Å². The molecule has 0 unspecified atom stereocenters. The van der Waals surface area contributed by atoms with Crippen molar-refractivity contribution in [1.29, 1.82) is 10.5 Å². The number of benzene rings is 1. The average Bonchev–Trinajstić information content (AvgIpc) is 3.61. The third kappa shape index (κ3) is 8.05. The van der Waals surface area contributed by atoms with Gasteiger partial charge in [-0.15, -0.1) is 0 Å². The highest BCUT2D eigenvalue weighted by molar-refractivity contribution is 6.05. The van der Waals surface area contributed by atoms with Crippen LogP contribution in [0.25, 0.3) is 16.9 Å². The number of carbonyl (C=O) groups excluding carboxylic acids is 3. The molecule has 4 amide bonds. The lowest BCUT2D eigenvalue weighted by Gasteiger charge is -2.37. The molecule has 53 heavy (non-hydrogen) atoms. The standard InChI is InChI=1S/C38H42N12O3/c1-25(20-39)44-33-19-34(50-36-28(23-43-50)18-27(21-40)22-42-36)41-24-32(33)37(52)45-29-4-2-26(3-5-29)10-12-47-14-16-48(17-15-47)30-6-8-31(9-7-30)49-13-11-35(51)46-38(49)53/h6-9,18-19,22-26,29H,2-5,10-17H2,1H3,(H,41,44)(H,45,52)(H,46,51,53)/t25-,26?,29?/m1/s1. The Morgan fingerprint density at radius 1 is 0.962 bits per heavy atom. The molecule has 0 spiro atoms. The molecule has 3 aromatic heterocycles. The quantitative estimate of drug-likeness (QED) is 0.216. The van der Waals surface area contributed by atoms with Crippen LogP contribution in [0.15, 0.2) is 55.0 Å². The number of hydrogen-bond donors (Lipinski definition) is 3. The molecule has 4 aromatic rings. The summed E-state index contributed by atoms with van der Waals surface area (Å²) >= 11 is 0. The second-order valence-corrected chi connectivity index (χ2v) is 14.0. The maximum absolute atomic E-state index is 13.6. The lowest BCUT2D eigenvalue weighted by atomic mass is 9.84. The number of urea groups is 1. The van der Waals surface area contributed by atoms with E-state index in [2.05, 4.69) is 65.1 Å². The SMILES string of the molecule is C[C@H](C#N)Nc1cc(-n2ncc3cc(C#N)cnc32)ncc1C(=O)NC1CCC(CCN2CCN(c3ccc(N4CCC(=O)NC4=O)cc3)CC2)CC1. The van der Waals surface area contributed by atoms with Gasteiger partial charge >= 0.3 is 6.03 Å². The summed E-state index contributed by atoms with van der Waals surface area (Å²) in [5, 5.41) is 32.5. The van der Waals surface area contributed by atoms with E-state index in [0.29, 0.717) is 52.5 Å². The van der Waals surface area contributed by atoms with Crippen LogP contribution in [0, 0.1) is 28.6 Å². The normalized spacial score (nSPS) is 20.0. The van der Waals surface area contributed by atoms with Crippen LogP contribution in [-0.4, -0.2) is 93.8 Å². The van der Waals surface area contributed by atoms with Crippen molar-refractivity contribution in [3.8, 4) is 18.0 Å². The number of hydrogen-bond acceptors (Lipinski definition) is 11. The summed E-state index contributed by atoms with van der Waals surface area (Å²) in [5.41, 5.74) is 3.73. The van der Waals surface area contributed by atoms with Crippen molar-refractivity contribution in [1.82, 2.24) is 35.3 Å². The molecule has 0 radical (unpaired) electrons. The Kier molecular flexibility index (Phi) is 10.5. The lowest BCUT2D eigenvalue weighted by molar-refractivity contribution is -0.120. The highest BCUT2D eigenvalue weighted by Crippen LogP contribution is 2.29. The van der Waals surface area contributed by atoms with Crippen molar-refractivity contribution in [3.63, 3.8) is 0 Å². The molecule has 2 saturated heterocycles. The molecule has 15 heteroatoms. The van der Waals surface area contributed by atoms with Crippen molar-refractivity contribution in [2.45, 2.75) is 57.5 Å². The van der Waals surface area contributed by atoms with Gasteiger partial charge in [-0.3, -0.25) is 24.7 Å². The van der Waals surface area contributed by atoms with Crippen molar-refractivity contribution in [2.75, 3.05) is 54.4 Å². The van der Waals surface area contributed by atoms with Gasteiger partial charge < -0.3 is 15.5 Å². The zero-order valence-corrected chi connectivity index (χ0v) is 29.7. The molecule has 1 aromatic carbocycles. The van der Waals surface area contributed by atoms with E-state index in [1.165, 1.54) is 12.4 Å². The fourth-order valence-electron chi connectivity index (χ4n) is 7.38. The van der Waals surface area contributed by atoms with Crippen molar-refractivity contribution in [2.24, 2.45) is 5.92 Å². The lowest BCUT2D eigenvalue weighted by Crippen LogP contribution is -2.49. The van der Waals surface area contributed by atoms with Crippen LogP contribution in [0.2, 0.25) is 0 Å². The second kappa shape index (κ2) is 15.7. The number of fused-ring (bicyclic) bond motifs is 1. The predicted octanol–water partition coefficient (Wildman–Crippen LogP) is 3.96. The number of pyridine rings is 2. The molecule has 3 aliphatic rings. The molecule has 272 valence electrons. The van der Waals surface area contributed by atoms with Gasteiger partial charge in [-0.1, -0.05) is 0 Å². The zero-order chi connectivity index (χ0) is 36.9. The topological polar surface area (TPSA) is 188 Å². The number of amides is 4. The molecule has 3 N–H and O–H groups in total. The van der Waals surface area contributed by atoms with Gasteiger partial charge in [0.25, 0.3) is 5.91 Å². The predicted molar refractivity (Wildman–Crippen MR) is 198 cm³/mol. The van der Waals surface area contributed by atoms with Crippen LogP contribution >= 0.6 is 0 Å². The highest BCUT2D eigenvalue weighted by Gasteiger charge is 2.27. The summed E-state index contributed by atoms with van der Waals surface area (Å²) in [4.78, 5) is 52.6. The molecule has 7 rings (SSSR count). The maximum Gasteiger partial charge on any atom is 0.328 e. The maximum atomic E-state index is 13.6. The minimum absolute atomic E-state index is 0.0648. The van der Waals surface area contributed by atoms with Crippen molar-refractivity contribution < 1.29 is 14.4 Å². The first-order valence-electron chi connectivity index (χ1n) is 18.2. The van der Waals surface area contributed by atoms with Gasteiger partial charge in [-0.05, 0) is 81.8 Å². The molecular weight excluding hydrogens is 672 g/mol. The number of nitrogens with one attached hydrogen (secondary N) is 3. The third-order valence-electron chi connectivity index (χ3n) is 10.4. The van der Waals surface area contributed by atoms with Gasteiger partial charge in [0.1, 0.15) is 12.1 Å². The van der Waals surface area contributed by atoms with Crippen molar-refractivity contribution in [3.05, 3.63) is 66.1 Å². The summed E-state index contributed by atoms with van der Waals surface area (Å²) in [5.74, 6) is 0.584. The van der Waals surface area contributed by atoms with E-state index in [-0.39, 0.29) is 23.9 Å². The summed E-state index contributed by atoms with van der Waals surface area (Å²) in [6.45, 7) is 7.04. The van der Waals surface area contributed by atoms with Crippen LogP contribution in [0.3, 0.4) is 0 Å². The summed E-state index contributed by atoms with van der Waals surface area (Å²) in [6, 6.07) is 14.8. The van der Waals surface area contributed by atoms with E-state index in [1.54, 1.807) is 34.8 Å². The van der Waals surface area contributed by atoms with Gasteiger partial charge in [0.05, 0.1) is 29.1 Å². The van der Waals surface area contributed by atoms with Crippen LogP contribution in [0.1, 0.15) is 61.4 Å². The summed E-state index contributed by atoms with van der Waals surface area (Å²) in [6.07, 6.45) is 9.98. The Balaban J connectivity index is 0.879. The number of carbonyl (C=O) groups is 3.